The molecule has 1 N–H and O–H groups in total. The number of aromatic nitrogens is 2. The summed E-state index contributed by atoms with van der Waals surface area (Å²) < 4.78 is 4.05. The lowest BCUT2D eigenvalue weighted by Crippen LogP contribution is -2.40. The zero-order valence-electron chi connectivity index (χ0n) is 10.9. The predicted molar refractivity (Wildman–Crippen MR) is 72.3 cm³/mol. The Hall–Kier alpha value is -0.680. The van der Waals surface area contributed by atoms with Gasteiger partial charge in [-0.2, -0.15) is 0 Å². The van der Waals surface area contributed by atoms with Crippen molar-refractivity contribution in [3.63, 3.8) is 0 Å². The molecular formula is C12H22N4S. The molecule has 1 aliphatic heterocycles. The molecular weight excluding hydrogens is 232 g/mol. The van der Waals surface area contributed by atoms with E-state index in [1.165, 1.54) is 30.9 Å². The molecule has 17 heavy (non-hydrogen) atoms. The van der Waals surface area contributed by atoms with Crippen LogP contribution in [0, 0.1) is 5.92 Å². The first-order valence-corrected chi connectivity index (χ1v) is 7.27. The van der Waals surface area contributed by atoms with Crippen LogP contribution >= 0.6 is 11.5 Å². The smallest absolute Gasteiger partial charge is 0.134 e. The lowest BCUT2D eigenvalue weighted by Gasteiger charge is -2.36. The third kappa shape index (κ3) is 3.16. The van der Waals surface area contributed by atoms with E-state index >= 15 is 0 Å². The predicted octanol–water partition coefficient (Wildman–Crippen LogP) is 2.59. The fraction of sp³-hybridized carbons (Fsp3) is 0.833. The number of nitrogens with one attached hydrogen (secondary N) is 1. The molecule has 0 saturated carbocycles. The maximum atomic E-state index is 4.25. The van der Waals surface area contributed by atoms with Gasteiger partial charge in [-0.25, -0.2) is 0 Å². The Morgan fingerprint density at radius 1 is 1.41 bits per heavy atom. The van der Waals surface area contributed by atoms with E-state index in [0.717, 1.165) is 29.7 Å². The van der Waals surface area contributed by atoms with Gasteiger partial charge in [0, 0.05) is 37.2 Å². The van der Waals surface area contributed by atoms with Gasteiger partial charge in [0.1, 0.15) is 10.7 Å². The Kier molecular flexibility index (Phi) is 4.34. The minimum absolute atomic E-state index is 0.669. The summed E-state index contributed by atoms with van der Waals surface area (Å²) in [4.78, 5) is 2.53. The van der Waals surface area contributed by atoms with Crippen LogP contribution in [0.3, 0.4) is 0 Å². The number of rotatable bonds is 4. The summed E-state index contributed by atoms with van der Waals surface area (Å²) in [5.41, 5.74) is 1.11. The summed E-state index contributed by atoms with van der Waals surface area (Å²) in [7, 11) is 0. The van der Waals surface area contributed by atoms with Crippen molar-refractivity contribution in [2.45, 2.75) is 46.2 Å². The summed E-state index contributed by atoms with van der Waals surface area (Å²) >= 11 is 1.47. The Balaban J connectivity index is 2.01. The molecule has 2 atom stereocenters. The van der Waals surface area contributed by atoms with Gasteiger partial charge in [0.2, 0.25) is 0 Å². The van der Waals surface area contributed by atoms with Gasteiger partial charge < -0.3 is 5.32 Å². The largest absolute Gasteiger partial charge is 0.374 e. The highest BCUT2D eigenvalue weighted by Crippen LogP contribution is 2.25. The zero-order valence-corrected chi connectivity index (χ0v) is 11.8. The molecule has 1 aromatic heterocycles. The average molecular weight is 254 g/mol. The highest BCUT2D eigenvalue weighted by Gasteiger charge is 2.24. The third-order valence-electron chi connectivity index (χ3n) is 3.49. The highest BCUT2D eigenvalue weighted by atomic mass is 32.1. The third-order valence-corrected chi connectivity index (χ3v) is 4.22. The highest BCUT2D eigenvalue weighted by molar-refractivity contribution is 7.10. The number of likely N-dealkylation sites (tertiary alicyclic amines) is 1. The van der Waals surface area contributed by atoms with Crippen LogP contribution < -0.4 is 5.32 Å². The molecule has 2 unspecified atom stereocenters. The molecule has 1 saturated heterocycles. The van der Waals surface area contributed by atoms with Gasteiger partial charge in [0.15, 0.2) is 0 Å². The van der Waals surface area contributed by atoms with Crippen molar-refractivity contribution in [1.82, 2.24) is 14.5 Å². The van der Waals surface area contributed by atoms with Gasteiger partial charge in [0.25, 0.3) is 0 Å². The number of piperidine rings is 1. The Labute approximate surface area is 108 Å². The van der Waals surface area contributed by atoms with Crippen molar-refractivity contribution >= 4 is 16.5 Å². The van der Waals surface area contributed by atoms with E-state index in [0.29, 0.717) is 6.04 Å². The Morgan fingerprint density at radius 2 is 2.24 bits per heavy atom. The number of hydrogen-bond donors (Lipinski definition) is 1. The molecule has 5 heteroatoms. The Morgan fingerprint density at radius 3 is 3.00 bits per heavy atom. The molecule has 0 radical (unpaired) electrons. The number of hydrogen-bond acceptors (Lipinski definition) is 5. The SMILES string of the molecule is CCNc1snnc1CN1CC(C)CCC1C. The second kappa shape index (κ2) is 5.78. The van der Waals surface area contributed by atoms with Crippen LogP contribution in [0.5, 0.6) is 0 Å². The van der Waals surface area contributed by atoms with E-state index in [1.807, 2.05) is 0 Å². The maximum absolute atomic E-state index is 4.25. The van der Waals surface area contributed by atoms with Gasteiger partial charge >= 0.3 is 0 Å². The Bertz CT molecular complexity index is 352. The second-order valence-corrected chi connectivity index (χ2v) is 5.79. The monoisotopic (exact) mass is 254 g/mol. The van der Waals surface area contributed by atoms with Crippen LogP contribution in [0.25, 0.3) is 0 Å². The van der Waals surface area contributed by atoms with Crippen molar-refractivity contribution < 1.29 is 0 Å². The van der Waals surface area contributed by atoms with Crippen LogP contribution in [0.1, 0.15) is 39.3 Å². The van der Waals surface area contributed by atoms with Gasteiger partial charge in [-0.1, -0.05) is 11.4 Å². The maximum Gasteiger partial charge on any atom is 0.134 e. The molecule has 1 fully saturated rings. The molecule has 96 valence electrons. The molecule has 0 aliphatic carbocycles. The van der Waals surface area contributed by atoms with E-state index in [2.05, 4.69) is 40.6 Å². The van der Waals surface area contributed by atoms with Crippen LogP contribution in [-0.2, 0) is 6.54 Å². The molecule has 1 aliphatic rings. The first kappa shape index (κ1) is 12.8. The number of nitrogens with zero attached hydrogens (tertiary/aromatic N) is 3. The molecule has 0 aromatic carbocycles. The fourth-order valence-electron chi connectivity index (χ4n) is 2.40. The fourth-order valence-corrected chi connectivity index (χ4v) is 3.04. The normalized spacial score (nSPS) is 26.1. The lowest BCUT2D eigenvalue weighted by molar-refractivity contribution is 0.116. The van der Waals surface area contributed by atoms with E-state index in [9.17, 15) is 0 Å². The second-order valence-electron chi connectivity index (χ2n) is 5.04. The van der Waals surface area contributed by atoms with E-state index in [4.69, 9.17) is 0 Å². The molecule has 2 rings (SSSR count). The van der Waals surface area contributed by atoms with Crippen LogP contribution in [0.4, 0.5) is 5.00 Å². The van der Waals surface area contributed by atoms with Crippen LogP contribution in [-0.4, -0.2) is 33.6 Å². The molecule has 4 nitrogen and oxygen atoms in total. The van der Waals surface area contributed by atoms with Crippen LogP contribution in [0.2, 0.25) is 0 Å². The first-order valence-electron chi connectivity index (χ1n) is 6.49. The van der Waals surface area contributed by atoms with E-state index in [1.54, 1.807) is 0 Å². The quantitative estimate of drug-likeness (QED) is 0.896. The van der Waals surface area contributed by atoms with Crippen molar-refractivity contribution in [2.24, 2.45) is 5.92 Å². The summed E-state index contributed by atoms with van der Waals surface area (Å²) in [6, 6.07) is 0.669. The van der Waals surface area contributed by atoms with E-state index < -0.39 is 0 Å². The average Bonchev–Trinajstić information content (AvgIpc) is 2.72. The summed E-state index contributed by atoms with van der Waals surface area (Å²) in [5.74, 6) is 0.806. The van der Waals surface area contributed by atoms with Crippen molar-refractivity contribution in [1.29, 1.82) is 0 Å². The molecule has 2 heterocycles. The van der Waals surface area contributed by atoms with E-state index in [-0.39, 0.29) is 0 Å². The topological polar surface area (TPSA) is 41.1 Å². The minimum Gasteiger partial charge on any atom is -0.374 e. The molecule has 0 amide bonds. The van der Waals surface area contributed by atoms with Crippen LogP contribution in [0.15, 0.2) is 0 Å². The summed E-state index contributed by atoms with van der Waals surface area (Å²) in [6.07, 6.45) is 2.66. The molecule has 0 bridgehead atoms. The van der Waals surface area contributed by atoms with Crippen molar-refractivity contribution in [3.05, 3.63) is 5.69 Å². The number of anilines is 1. The zero-order chi connectivity index (χ0) is 12.3. The minimum atomic E-state index is 0.669. The summed E-state index contributed by atoms with van der Waals surface area (Å²) in [5, 5.41) is 8.73. The van der Waals surface area contributed by atoms with Gasteiger partial charge in [-0.05, 0) is 32.6 Å². The van der Waals surface area contributed by atoms with Gasteiger partial charge in [0.05, 0.1) is 0 Å². The first-order chi connectivity index (χ1) is 8.20. The summed E-state index contributed by atoms with van der Waals surface area (Å²) in [6.45, 7) is 9.81. The lowest BCUT2D eigenvalue weighted by atomic mass is 9.95. The van der Waals surface area contributed by atoms with Gasteiger partial charge in [-0.3, -0.25) is 4.90 Å². The van der Waals surface area contributed by atoms with Crippen molar-refractivity contribution in [2.75, 3.05) is 18.4 Å². The van der Waals surface area contributed by atoms with Crippen molar-refractivity contribution in [3.8, 4) is 0 Å². The molecule has 1 aromatic rings. The van der Waals surface area contributed by atoms with Gasteiger partial charge in [-0.15, -0.1) is 5.10 Å². The standard InChI is InChI=1S/C12H22N4S/c1-4-13-12-11(14-15-17-12)8-16-7-9(2)5-6-10(16)3/h9-10,13H,4-8H2,1-3H3. The molecule has 0 spiro atoms.